The number of nitrogens with zero attached hydrogens (tertiary/aromatic N) is 3. The van der Waals surface area contributed by atoms with Crippen molar-refractivity contribution in [3.8, 4) is 0 Å². The van der Waals surface area contributed by atoms with Crippen LogP contribution in [0, 0.1) is 6.92 Å². The molecule has 2 rings (SSSR count). The van der Waals surface area contributed by atoms with E-state index in [1.807, 2.05) is 20.0 Å². The van der Waals surface area contributed by atoms with E-state index in [4.69, 9.17) is 4.74 Å². The van der Waals surface area contributed by atoms with Crippen molar-refractivity contribution in [1.82, 2.24) is 15.3 Å². The number of aryl methyl sites for hydroxylation is 1. The standard InChI is InChI=1S/C14H22N4O2/c1-10-9-12(17-13(16-10)14(19)20-3)18(2)11-5-4-7-15-8-6-11/h9,11,15H,4-8H2,1-3H3. The Bertz CT molecular complexity index is 470. The van der Waals surface area contributed by atoms with Gasteiger partial charge in [-0.05, 0) is 39.3 Å². The summed E-state index contributed by atoms with van der Waals surface area (Å²) < 4.78 is 4.70. The Morgan fingerprint density at radius 1 is 1.40 bits per heavy atom. The van der Waals surface area contributed by atoms with Crippen LogP contribution in [0.2, 0.25) is 0 Å². The molecule has 0 aromatic carbocycles. The van der Waals surface area contributed by atoms with Gasteiger partial charge in [-0.1, -0.05) is 0 Å². The van der Waals surface area contributed by atoms with Crippen molar-refractivity contribution in [1.29, 1.82) is 0 Å². The summed E-state index contributed by atoms with van der Waals surface area (Å²) in [5.74, 6) is 0.414. The second-order valence-corrected chi connectivity index (χ2v) is 5.13. The van der Waals surface area contributed by atoms with Gasteiger partial charge >= 0.3 is 5.97 Å². The molecular formula is C14H22N4O2. The van der Waals surface area contributed by atoms with Crippen LogP contribution in [0.25, 0.3) is 0 Å². The molecular weight excluding hydrogens is 256 g/mol. The maximum absolute atomic E-state index is 11.6. The molecule has 1 N–H and O–H groups in total. The van der Waals surface area contributed by atoms with E-state index in [1.54, 1.807) is 0 Å². The van der Waals surface area contributed by atoms with Gasteiger partial charge in [-0.25, -0.2) is 14.8 Å². The van der Waals surface area contributed by atoms with Crippen LogP contribution in [0.3, 0.4) is 0 Å². The second-order valence-electron chi connectivity index (χ2n) is 5.13. The molecule has 6 nitrogen and oxygen atoms in total. The number of anilines is 1. The fourth-order valence-corrected chi connectivity index (χ4v) is 2.49. The Balaban J connectivity index is 2.21. The fourth-order valence-electron chi connectivity index (χ4n) is 2.49. The Labute approximate surface area is 119 Å². The van der Waals surface area contributed by atoms with E-state index in [-0.39, 0.29) is 5.82 Å². The van der Waals surface area contributed by atoms with Crippen LogP contribution < -0.4 is 10.2 Å². The molecule has 1 aromatic heterocycles. The Hall–Kier alpha value is -1.69. The zero-order chi connectivity index (χ0) is 14.5. The lowest BCUT2D eigenvalue weighted by molar-refractivity contribution is 0.0586. The Morgan fingerprint density at radius 3 is 2.95 bits per heavy atom. The van der Waals surface area contributed by atoms with E-state index in [0.29, 0.717) is 6.04 Å². The first-order chi connectivity index (χ1) is 9.61. The number of nitrogens with one attached hydrogen (secondary N) is 1. The van der Waals surface area contributed by atoms with Crippen LogP contribution in [0.1, 0.15) is 35.6 Å². The SMILES string of the molecule is COC(=O)c1nc(C)cc(N(C)C2CCCNCC2)n1. The predicted octanol–water partition coefficient (Wildman–Crippen LogP) is 1.15. The van der Waals surface area contributed by atoms with Gasteiger partial charge in [0.05, 0.1) is 7.11 Å². The molecule has 110 valence electrons. The molecule has 1 saturated heterocycles. The molecule has 1 fully saturated rings. The number of hydrogen-bond acceptors (Lipinski definition) is 6. The number of carbonyl (C=O) groups is 1. The first kappa shape index (κ1) is 14.7. The maximum atomic E-state index is 11.6. The highest BCUT2D eigenvalue weighted by atomic mass is 16.5. The second kappa shape index (κ2) is 6.65. The average molecular weight is 278 g/mol. The van der Waals surface area contributed by atoms with Crippen molar-refractivity contribution in [3.05, 3.63) is 17.6 Å². The lowest BCUT2D eigenvalue weighted by Gasteiger charge is -2.28. The Kier molecular flexibility index (Phi) is 4.89. The third-order valence-electron chi connectivity index (χ3n) is 3.66. The van der Waals surface area contributed by atoms with E-state index in [1.165, 1.54) is 7.11 Å². The van der Waals surface area contributed by atoms with Crippen LogP contribution in [-0.2, 0) is 4.74 Å². The summed E-state index contributed by atoms with van der Waals surface area (Å²) in [4.78, 5) is 22.2. The molecule has 2 heterocycles. The molecule has 0 spiro atoms. The fraction of sp³-hybridized carbons (Fsp3) is 0.643. The summed E-state index contributed by atoms with van der Waals surface area (Å²) in [6, 6.07) is 2.34. The first-order valence-electron chi connectivity index (χ1n) is 6.99. The van der Waals surface area contributed by atoms with Crippen LogP contribution in [0.15, 0.2) is 6.07 Å². The third-order valence-corrected chi connectivity index (χ3v) is 3.66. The van der Waals surface area contributed by atoms with Gasteiger partial charge in [0.15, 0.2) is 0 Å². The maximum Gasteiger partial charge on any atom is 0.376 e. The van der Waals surface area contributed by atoms with Crippen LogP contribution in [-0.4, -0.2) is 49.2 Å². The van der Waals surface area contributed by atoms with Crippen molar-refractivity contribution >= 4 is 11.8 Å². The monoisotopic (exact) mass is 278 g/mol. The molecule has 1 unspecified atom stereocenters. The van der Waals surface area contributed by atoms with Crippen molar-refractivity contribution in [3.63, 3.8) is 0 Å². The molecule has 1 atom stereocenters. The number of methoxy groups -OCH3 is 1. The highest BCUT2D eigenvalue weighted by Crippen LogP contribution is 2.19. The van der Waals surface area contributed by atoms with Crippen molar-refractivity contribution < 1.29 is 9.53 Å². The molecule has 20 heavy (non-hydrogen) atoms. The lowest BCUT2D eigenvalue weighted by atomic mass is 10.1. The molecule has 1 aliphatic heterocycles. The van der Waals surface area contributed by atoms with E-state index in [0.717, 1.165) is 43.9 Å². The Morgan fingerprint density at radius 2 is 2.20 bits per heavy atom. The van der Waals surface area contributed by atoms with E-state index in [2.05, 4.69) is 20.2 Å². The van der Waals surface area contributed by atoms with Gasteiger partial charge in [-0.15, -0.1) is 0 Å². The summed E-state index contributed by atoms with van der Waals surface area (Å²) in [7, 11) is 3.37. The minimum Gasteiger partial charge on any atom is -0.463 e. The number of esters is 1. The summed E-state index contributed by atoms with van der Waals surface area (Å²) in [5, 5.41) is 3.40. The normalized spacial score (nSPS) is 19.2. The lowest BCUT2D eigenvalue weighted by Crippen LogP contribution is -2.33. The highest BCUT2D eigenvalue weighted by Gasteiger charge is 2.20. The quantitative estimate of drug-likeness (QED) is 0.837. The van der Waals surface area contributed by atoms with Crippen LogP contribution in [0.5, 0.6) is 0 Å². The predicted molar refractivity (Wildman–Crippen MR) is 77.0 cm³/mol. The number of rotatable bonds is 3. The van der Waals surface area contributed by atoms with Gasteiger partial charge in [-0.3, -0.25) is 0 Å². The number of ether oxygens (including phenoxy) is 1. The summed E-state index contributed by atoms with van der Waals surface area (Å²) in [6.07, 6.45) is 3.36. The zero-order valence-corrected chi connectivity index (χ0v) is 12.3. The zero-order valence-electron chi connectivity index (χ0n) is 12.3. The van der Waals surface area contributed by atoms with Gasteiger partial charge in [0.25, 0.3) is 0 Å². The van der Waals surface area contributed by atoms with E-state index in [9.17, 15) is 4.79 Å². The molecule has 1 aliphatic rings. The average Bonchev–Trinajstić information content (AvgIpc) is 2.74. The van der Waals surface area contributed by atoms with Gasteiger partial charge < -0.3 is 15.0 Å². The first-order valence-corrected chi connectivity index (χ1v) is 6.99. The van der Waals surface area contributed by atoms with Crippen LogP contribution in [0.4, 0.5) is 5.82 Å². The molecule has 0 radical (unpaired) electrons. The topological polar surface area (TPSA) is 67.3 Å². The molecule has 6 heteroatoms. The minimum absolute atomic E-state index is 0.126. The third kappa shape index (κ3) is 3.45. The smallest absolute Gasteiger partial charge is 0.376 e. The van der Waals surface area contributed by atoms with Crippen molar-refractivity contribution in [2.75, 3.05) is 32.1 Å². The van der Waals surface area contributed by atoms with Crippen molar-refractivity contribution in [2.24, 2.45) is 0 Å². The van der Waals surface area contributed by atoms with Crippen molar-refractivity contribution in [2.45, 2.75) is 32.2 Å². The van der Waals surface area contributed by atoms with E-state index < -0.39 is 5.97 Å². The number of carbonyl (C=O) groups excluding carboxylic acids is 1. The number of hydrogen-bond donors (Lipinski definition) is 1. The minimum atomic E-state index is -0.495. The largest absolute Gasteiger partial charge is 0.463 e. The molecule has 0 bridgehead atoms. The van der Waals surface area contributed by atoms with Gasteiger partial charge in [0, 0.05) is 24.8 Å². The summed E-state index contributed by atoms with van der Waals surface area (Å²) in [6.45, 7) is 3.95. The molecule has 0 aliphatic carbocycles. The van der Waals surface area contributed by atoms with Gasteiger partial charge in [0.1, 0.15) is 5.82 Å². The highest BCUT2D eigenvalue weighted by molar-refractivity contribution is 5.85. The van der Waals surface area contributed by atoms with Gasteiger partial charge in [0.2, 0.25) is 5.82 Å². The van der Waals surface area contributed by atoms with Crippen LogP contribution >= 0.6 is 0 Å². The summed E-state index contributed by atoms with van der Waals surface area (Å²) >= 11 is 0. The van der Waals surface area contributed by atoms with E-state index >= 15 is 0 Å². The number of aromatic nitrogens is 2. The summed E-state index contributed by atoms with van der Waals surface area (Å²) in [5.41, 5.74) is 0.772. The van der Waals surface area contributed by atoms with Gasteiger partial charge in [-0.2, -0.15) is 0 Å². The molecule has 1 aromatic rings. The molecule has 0 amide bonds. The molecule has 0 saturated carbocycles.